The number of rotatable bonds is 5. The Bertz CT molecular complexity index is 160. The second-order valence-corrected chi connectivity index (χ2v) is 5.42. The highest BCUT2D eigenvalue weighted by atomic mass is 15.2. The van der Waals surface area contributed by atoms with E-state index in [1.807, 2.05) is 0 Å². The summed E-state index contributed by atoms with van der Waals surface area (Å²) in [6.07, 6.45) is 4.02. The van der Waals surface area contributed by atoms with Crippen molar-refractivity contribution in [1.82, 2.24) is 9.80 Å². The van der Waals surface area contributed by atoms with Gasteiger partial charge in [-0.1, -0.05) is 20.8 Å². The van der Waals surface area contributed by atoms with Crippen molar-refractivity contribution in [1.29, 1.82) is 0 Å². The fourth-order valence-electron chi connectivity index (χ4n) is 2.54. The van der Waals surface area contributed by atoms with E-state index in [0.717, 1.165) is 12.0 Å². The molecule has 1 heterocycles. The lowest BCUT2D eigenvalue weighted by Crippen LogP contribution is -2.45. The first-order chi connectivity index (χ1) is 7.13. The normalized spacial score (nSPS) is 20.4. The molecule has 0 radical (unpaired) electrons. The van der Waals surface area contributed by atoms with Crippen LogP contribution in [0.25, 0.3) is 0 Å². The van der Waals surface area contributed by atoms with Crippen LogP contribution in [0.1, 0.15) is 40.0 Å². The number of piperidine rings is 1. The molecule has 2 heteroatoms. The van der Waals surface area contributed by atoms with Gasteiger partial charge in [-0.25, -0.2) is 0 Å². The average Bonchev–Trinajstić information content (AvgIpc) is 2.17. The maximum atomic E-state index is 2.72. The Balaban J connectivity index is 2.40. The van der Waals surface area contributed by atoms with Crippen molar-refractivity contribution in [2.45, 2.75) is 46.1 Å². The van der Waals surface area contributed by atoms with Crippen LogP contribution in [0.3, 0.4) is 0 Å². The zero-order chi connectivity index (χ0) is 11.3. The summed E-state index contributed by atoms with van der Waals surface area (Å²) < 4.78 is 0. The SMILES string of the molecule is CCCN(CC(C)C)C1CCN(C)CC1. The molecule has 1 rings (SSSR count). The molecule has 0 saturated carbocycles. The smallest absolute Gasteiger partial charge is 0.0120 e. The molecular weight excluding hydrogens is 184 g/mol. The molecule has 0 N–H and O–H groups in total. The van der Waals surface area contributed by atoms with E-state index in [-0.39, 0.29) is 0 Å². The van der Waals surface area contributed by atoms with E-state index < -0.39 is 0 Å². The highest BCUT2D eigenvalue weighted by molar-refractivity contribution is 4.78. The van der Waals surface area contributed by atoms with Gasteiger partial charge in [-0.2, -0.15) is 0 Å². The number of nitrogens with zero attached hydrogens (tertiary/aromatic N) is 2. The Kier molecular flexibility index (Phi) is 5.62. The van der Waals surface area contributed by atoms with Gasteiger partial charge in [0, 0.05) is 12.6 Å². The van der Waals surface area contributed by atoms with Gasteiger partial charge in [0.15, 0.2) is 0 Å². The Labute approximate surface area is 95.6 Å². The van der Waals surface area contributed by atoms with E-state index in [0.29, 0.717) is 0 Å². The van der Waals surface area contributed by atoms with Crippen molar-refractivity contribution in [2.75, 3.05) is 33.2 Å². The average molecular weight is 212 g/mol. The highest BCUT2D eigenvalue weighted by Crippen LogP contribution is 2.17. The zero-order valence-electron chi connectivity index (χ0n) is 11.0. The molecule has 0 aromatic rings. The molecule has 1 aliphatic rings. The zero-order valence-corrected chi connectivity index (χ0v) is 11.0. The van der Waals surface area contributed by atoms with Crippen LogP contribution >= 0.6 is 0 Å². The molecule has 0 aromatic carbocycles. The van der Waals surface area contributed by atoms with Gasteiger partial charge in [0.25, 0.3) is 0 Å². The van der Waals surface area contributed by atoms with Crippen molar-refractivity contribution in [3.63, 3.8) is 0 Å². The molecule has 0 unspecified atom stereocenters. The summed E-state index contributed by atoms with van der Waals surface area (Å²) in [5, 5.41) is 0. The van der Waals surface area contributed by atoms with Gasteiger partial charge in [-0.05, 0) is 51.9 Å². The maximum absolute atomic E-state index is 2.72. The molecule has 0 amide bonds. The number of hydrogen-bond donors (Lipinski definition) is 0. The Morgan fingerprint density at radius 2 is 1.87 bits per heavy atom. The van der Waals surface area contributed by atoms with Crippen LogP contribution < -0.4 is 0 Å². The minimum Gasteiger partial charge on any atom is -0.306 e. The van der Waals surface area contributed by atoms with Gasteiger partial charge >= 0.3 is 0 Å². The third kappa shape index (κ3) is 4.52. The van der Waals surface area contributed by atoms with Crippen LogP contribution in [0.15, 0.2) is 0 Å². The van der Waals surface area contributed by atoms with Crippen LogP contribution in [-0.4, -0.2) is 49.1 Å². The summed E-state index contributed by atoms with van der Waals surface area (Å²) in [4.78, 5) is 5.17. The standard InChI is InChI=1S/C13H28N2/c1-5-8-15(11-12(2)3)13-6-9-14(4)10-7-13/h12-13H,5-11H2,1-4H3. The first kappa shape index (κ1) is 13.0. The molecule has 2 nitrogen and oxygen atoms in total. The van der Waals surface area contributed by atoms with Crippen molar-refractivity contribution < 1.29 is 0 Å². The van der Waals surface area contributed by atoms with E-state index in [9.17, 15) is 0 Å². The predicted octanol–water partition coefficient (Wildman–Crippen LogP) is 2.45. The third-order valence-corrected chi connectivity index (χ3v) is 3.31. The molecule has 0 bridgehead atoms. The van der Waals surface area contributed by atoms with Crippen molar-refractivity contribution in [3.8, 4) is 0 Å². The van der Waals surface area contributed by atoms with Gasteiger partial charge in [0.05, 0.1) is 0 Å². The Morgan fingerprint density at radius 1 is 1.27 bits per heavy atom. The molecule has 1 aliphatic heterocycles. The Morgan fingerprint density at radius 3 is 2.33 bits per heavy atom. The van der Waals surface area contributed by atoms with Crippen molar-refractivity contribution in [2.24, 2.45) is 5.92 Å². The number of likely N-dealkylation sites (tertiary alicyclic amines) is 1. The lowest BCUT2D eigenvalue weighted by Gasteiger charge is -2.38. The van der Waals surface area contributed by atoms with Crippen LogP contribution in [0.5, 0.6) is 0 Å². The van der Waals surface area contributed by atoms with Gasteiger partial charge in [-0.3, -0.25) is 0 Å². The highest BCUT2D eigenvalue weighted by Gasteiger charge is 2.22. The minimum atomic E-state index is 0.802. The summed E-state index contributed by atoms with van der Waals surface area (Å²) in [7, 11) is 2.24. The Hall–Kier alpha value is -0.0800. The summed E-state index contributed by atoms with van der Waals surface area (Å²) in [5.41, 5.74) is 0. The molecule has 0 aromatic heterocycles. The summed E-state index contributed by atoms with van der Waals surface area (Å²) >= 11 is 0. The quantitative estimate of drug-likeness (QED) is 0.691. The van der Waals surface area contributed by atoms with Gasteiger partial charge < -0.3 is 9.80 Å². The van der Waals surface area contributed by atoms with E-state index in [4.69, 9.17) is 0 Å². The molecule has 0 atom stereocenters. The van der Waals surface area contributed by atoms with Crippen LogP contribution in [0.4, 0.5) is 0 Å². The van der Waals surface area contributed by atoms with Crippen molar-refractivity contribution in [3.05, 3.63) is 0 Å². The number of hydrogen-bond acceptors (Lipinski definition) is 2. The molecule has 15 heavy (non-hydrogen) atoms. The summed E-state index contributed by atoms with van der Waals surface area (Å²) in [5.74, 6) is 0.802. The van der Waals surface area contributed by atoms with Crippen LogP contribution in [0.2, 0.25) is 0 Å². The lowest BCUT2D eigenvalue weighted by atomic mass is 10.0. The fourth-order valence-corrected chi connectivity index (χ4v) is 2.54. The van der Waals surface area contributed by atoms with Gasteiger partial charge in [-0.15, -0.1) is 0 Å². The largest absolute Gasteiger partial charge is 0.306 e. The molecule has 1 fully saturated rings. The minimum absolute atomic E-state index is 0.802. The monoisotopic (exact) mass is 212 g/mol. The summed E-state index contributed by atoms with van der Waals surface area (Å²) in [6, 6.07) is 0.851. The first-order valence-corrected chi connectivity index (χ1v) is 6.56. The molecule has 0 aliphatic carbocycles. The van der Waals surface area contributed by atoms with E-state index in [2.05, 4.69) is 37.6 Å². The molecule has 90 valence electrons. The molecule has 0 spiro atoms. The van der Waals surface area contributed by atoms with Gasteiger partial charge in [0.2, 0.25) is 0 Å². The van der Waals surface area contributed by atoms with E-state index in [1.165, 1.54) is 45.4 Å². The first-order valence-electron chi connectivity index (χ1n) is 6.56. The van der Waals surface area contributed by atoms with Gasteiger partial charge in [0.1, 0.15) is 0 Å². The lowest BCUT2D eigenvalue weighted by molar-refractivity contribution is 0.109. The van der Waals surface area contributed by atoms with Crippen LogP contribution in [0, 0.1) is 5.92 Å². The maximum Gasteiger partial charge on any atom is 0.0120 e. The molecule has 1 saturated heterocycles. The van der Waals surface area contributed by atoms with E-state index in [1.54, 1.807) is 0 Å². The second kappa shape index (κ2) is 6.49. The second-order valence-electron chi connectivity index (χ2n) is 5.42. The predicted molar refractivity (Wildman–Crippen MR) is 67.2 cm³/mol. The van der Waals surface area contributed by atoms with Crippen molar-refractivity contribution >= 4 is 0 Å². The summed E-state index contributed by atoms with van der Waals surface area (Å²) in [6.45, 7) is 12.1. The fraction of sp³-hybridized carbons (Fsp3) is 1.00. The van der Waals surface area contributed by atoms with Crippen LogP contribution in [-0.2, 0) is 0 Å². The molecular formula is C13H28N2. The van der Waals surface area contributed by atoms with E-state index >= 15 is 0 Å². The third-order valence-electron chi connectivity index (χ3n) is 3.31. The topological polar surface area (TPSA) is 6.48 Å².